The molecule has 1 rings (SSSR count). The van der Waals surface area contributed by atoms with Crippen LogP contribution in [-0.4, -0.2) is 32.9 Å². The molecule has 0 aromatic heterocycles. The SMILES string of the molecule is O=C(NCCCNS(=O)(=O)C(F)(F)F)c1ccccc1. The van der Waals surface area contributed by atoms with E-state index in [4.69, 9.17) is 0 Å². The first-order chi connectivity index (χ1) is 9.24. The van der Waals surface area contributed by atoms with Gasteiger partial charge in [-0.05, 0) is 18.6 Å². The van der Waals surface area contributed by atoms with Crippen molar-refractivity contribution in [3.8, 4) is 0 Å². The molecule has 112 valence electrons. The monoisotopic (exact) mass is 310 g/mol. The number of alkyl halides is 3. The largest absolute Gasteiger partial charge is 0.511 e. The Morgan fingerprint density at radius 2 is 1.70 bits per heavy atom. The summed E-state index contributed by atoms with van der Waals surface area (Å²) >= 11 is 0. The van der Waals surface area contributed by atoms with Crippen LogP contribution in [0.15, 0.2) is 30.3 Å². The maximum atomic E-state index is 12.0. The van der Waals surface area contributed by atoms with Gasteiger partial charge in [0.05, 0.1) is 0 Å². The van der Waals surface area contributed by atoms with E-state index in [1.54, 1.807) is 30.3 Å². The van der Waals surface area contributed by atoms with E-state index in [1.165, 1.54) is 4.72 Å². The molecular formula is C11H13F3N2O3S. The molecule has 0 saturated heterocycles. The van der Waals surface area contributed by atoms with Crippen LogP contribution in [0.4, 0.5) is 13.2 Å². The molecule has 9 heteroatoms. The number of rotatable bonds is 6. The van der Waals surface area contributed by atoms with E-state index < -0.39 is 22.1 Å². The zero-order valence-corrected chi connectivity index (χ0v) is 11.1. The van der Waals surface area contributed by atoms with Gasteiger partial charge in [0.25, 0.3) is 5.91 Å². The number of benzene rings is 1. The average Bonchev–Trinajstić information content (AvgIpc) is 2.37. The highest BCUT2D eigenvalue weighted by Gasteiger charge is 2.45. The van der Waals surface area contributed by atoms with Crippen LogP contribution in [0.5, 0.6) is 0 Å². The molecule has 0 radical (unpaired) electrons. The van der Waals surface area contributed by atoms with E-state index in [2.05, 4.69) is 5.32 Å². The highest BCUT2D eigenvalue weighted by atomic mass is 32.2. The molecule has 0 unspecified atom stereocenters. The standard InChI is InChI=1S/C11H13F3N2O3S/c12-11(13,14)20(18,19)16-8-4-7-15-10(17)9-5-2-1-3-6-9/h1-3,5-6,16H,4,7-8H2,(H,15,17). The first-order valence-corrected chi connectivity index (χ1v) is 7.11. The van der Waals surface area contributed by atoms with Crippen molar-refractivity contribution in [2.45, 2.75) is 11.9 Å². The third kappa shape index (κ3) is 4.82. The zero-order chi connectivity index (χ0) is 15.2. The topological polar surface area (TPSA) is 75.3 Å². The molecule has 1 aromatic rings. The molecule has 0 bridgehead atoms. The number of amides is 1. The highest BCUT2D eigenvalue weighted by molar-refractivity contribution is 7.90. The molecule has 0 fully saturated rings. The average molecular weight is 310 g/mol. The Bertz CT molecular complexity index is 544. The molecule has 5 nitrogen and oxygen atoms in total. The van der Waals surface area contributed by atoms with E-state index in [-0.39, 0.29) is 18.9 Å². The number of halogens is 3. The Kier molecular flexibility index (Phi) is 5.52. The summed E-state index contributed by atoms with van der Waals surface area (Å²) in [6, 6.07) is 8.25. The van der Waals surface area contributed by atoms with Crippen molar-refractivity contribution in [2.75, 3.05) is 13.1 Å². The zero-order valence-electron chi connectivity index (χ0n) is 10.3. The Labute approximate surface area is 114 Å². The predicted molar refractivity (Wildman–Crippen MR) is 66.4 cm³/mol. The lowest BCUT2D eigenvalue weighted by molar-refractivity contribution is -0.0447. The van der Waals surface area contributed by atoms with Crippen LogP contribution in [0.3, 0.4) is 0 Å². The van der Waals surface area contributed by atoms with Crippen molar-refractivity contribution in [1.82, 2.24) is 10.0 Å². The van der Waals surface area contributed by atoms with Gasteiger partial charge in [0.1, 0.15) is 0 Å². The molecule has 1 aromatic carbocycles. The van der Waals surface area contributed by atoms with Crippen LogP contribution in [0.2, 0.25) is 0 Å². The summed E-state index contributed by atoms with van der Waals surface area (Å²) in [7, 11) is -5.31. The van der Waals surface area contributed by atoms with Gasteiger partial charge in [0.15, 0.2) is 0 Å². The predicted octanol–water partition coefficient (Wildman–Crippen LogP) is 1.25. The normalized spacial score (nSPS) is 12.2. The van der Waals surface area contributed by atoms with Crippen LogP contribution >= 0.6 is 0 Å². The first kappa shape index (κ1) is 16.4. The van der Waals surface area contributed by atoms with Gasteiger partial charge in [-0.25, -0.2) is 13.1 Å². The first-order valence-electron chi connectivity index (χ1n) is 5.63. The molecule has 20 heavy (non-hydrogen) atoms. The van der Waals surface area contributed by atoms with E-state index in [1.807, 2.05) is 0 Å². The second-order valence-electron chi connectivity index (χ2n) is 3.82. The molecular weight excluding hydrogens is 297 g/mol. The minimum Gasteiger partial charge on any atom is -0.352 e. The van der Waals surface area contributed by atoms with Crippen molar-refractivity contribution in [3.63, 3.8) is 0 Å². The molecule has 0 saturated carbocycles. The van der Waals surface area contributed by atoms with Gasteiger partial charge in [0.2, 0.25) is 0 Å². The van der Waals surface area contributed by atoms with Gasteiger partial charge in [-0.2, -0.15) is 13.2 Å². The second-order valence-corrected chi connectivity index (χ2v) is 5.58. The van der Waals surface area contributed by atoms with Crippen molar-refractivity contribution in [2.24, 2.45) is 0 Å². The molecule has 0 spiro atoms. The Morgan fingerprint density at radius 1 is 1.10 bits per heavy atom. The molecule has 0 aliphatic heterocycles. The van der Waals surface area contributed by atoms with Crippen LogP contribution in [0.25, 0.3) is 0 Å². The quantitative estimate of drug-likeness (QED) is 0.776. The van der Waals surface area contributed by atoms with Crippen LogP contribution in [0.1, 0.15) is 16.8 Å². The summed E-state index contributed by atoms with van der Waals surface area (Å²) in [5.41, 5.74) is -4.90. The third-order valence-corrected chi connectivity index (χ3v) is 3.47. The summed E-state index contributed by atoms with van der Waals surface area (Å²) in [5.74, 6) is -0.371. The fourth-order valence-electron chi connectivity index (χ4n) is 1.27. The van der Waals surface area contributed by atoms with Crippen molar-refractivity contribution < 1.29 is 26.4 Å². The van der Waals surface area contributed by atoms with Crippen LogP contribution < -0.4 is 10.0 Å². The number of hydrogen-bond acceptors (Lipinski definition) is 3. The van der Waals surface area contributed by atoms with Crippen molar-refractivity contribution in [3.05, 3.63) is 35.9 Å². The second kappa shape index (κ2) is 6.71. The smallest absolute Gasteiger partial charge is 0.352 e. The van der Waals surface area contributed by atoms with Crippen LogP contribution in [0, 0.1) is 0 Å². The fraction of sp³-hybridized carbons (Fsp3) is 0.364. The number of carbonyl (C=O) groups excluding carboxylic acids is 1. The lowest BCUT2D eigenvalue weighted by Gasteiger charge is -2.09. The minimum absolute atomic E-state index is 0.0495. The molecule has 2 N–H and O–H groups in total. The van der Waals surface area contributed by atoms with Gasteiger partial charge < -0.3 is 5.32 Å². The van der Waals surface area contributed by atoms with E-state index in [9.17, 15) is 26.4 Å². The van der Waals surface area contributed by atoms with E-state index >= 15 is 0 Å². The molecule has 0 heterocycles. The Balaban J connectivity index is 2.29. The van der Waals surface area contributed by atoms with Gasteiger partial charge in [-0.15, -0.1) is 0 Å². The Hall–Kier alpha value is -1.61. The van der Waals surface area contributed by atoms with Crippen LogP contribution in [-0.2, 0) is 10.0 Å². The van der Waals surface area contributed by atoms with Gasteiger partial charge in [0, 0.05) is 18.7 Å². The molecule has 0 atom stereocenters. The maximum Gasteiger partial charge on any atom is 0.511 e. The summed E-state index contributed by atoms with van der Waals surface area (Å²) in [6.07, 6.45) is 0.0495. The third-order valence-electron chi connectivity index (χ3n) is 2.27. The van der Waals surface area contributed by atoms with E-state index in [0.29, 0.717) is 5.56 Å². The molecule has 1 amide bonds. The molecule has 0 aliphatic rings. The lowest BCUT2D eigenvalue weighted by atomic mass is 10.2. The summed E-state index contributed by atoms with van der Waals surface area (Å²) in [4.78, 5) is 11.5. The van der Waals surface area contributed by atoms with Gasteiger partial charge >= 0.3 is 15.5 Å². The summed E-state index contributed by atoms with van der Waals surface area (Å²) in [6.45, 7) is -0.342. The maximum absolute atomic E-state index is 12.0. The van der Waals surface area contributed by atoms with Gasteiger partial charge in [-0.1, -0.05) is 18.2 Å². The summed E-state index contributed by atoms with van der Waals surface area (Å²) < 4.78 is 58.6. The number of nitrogens with one attached hydrogen (secondary N) is 2. The highest BCUT2D eigenvalue weighted by Crippen LogP contribution is 2.21. The van der Waals surface area contributed by atoms with Crippen molar-refractivity contribution >= 4 is 15.9 Å². The Morgan fingerprint density at radius 3 is 2.25 bits per heavy atom. The van der Waals surface area contributed by atoms with Gasteiger partial charge in [-0.3, -0.25) is 4.79 Å². The van der Waals surface area contributed by atoms with E-state index in [0.717, 1.165) is 0 Å². The fourth-order valence-corrected chi connectivity index (χ4v) is 1.85. The number of hydrogen-bond donors (Lipinski definition) is 2. The minimum atomic E-state index is -5.32. The summed E-state index contributed by atoms with van der Waals surface area (Å²) in [5, 5.41) is 2.47. The van der Waals surface area contributed by atoms with Crippen molar-refractivity contribution in [1.29, 1.82) is 0 Å². The number of carbonyl (C=O) groups is 1. The molecule has 0 aliphatic carbocycles. The lowest BCUT2D eigenvalue weighted by Crippen LogP contribution is -2.38. The number of sulfonamides is 1.